The second-order valence-corrected chi connectivity index (χ2v) is 3.99. The molecule has 1 aromatic carbocycles. The van der Waals surface area contributed by atoms with Crippen LogP contribution in [0.15, 0.2) is 29.1 Å². The maximum atomic E-state index is 13.1. The van der Waals surface area contributed by atoms with Gasteiger partial charge in [-0.1, -0.05) is 6.07 Å². The van der Waals surface area contributed by atoms with Gasteiger partial charge in [0.25, 0.3) is 0 Å². The Kier molecular flexibility index (Phi) is 2.09. The second-order valence-electron chi connectivity index (χ2n) is 3.99. The van der Waals surface area contributed by atoms with Gasteiger partial charge >= 0.3 is 11.7 Å². The van der Waals surface area contributed by atoms with Crippen molar-refractivity contribution < 1.29 is 9.18 Å². The molecule has 1 aliphatic heterocycles. The number of halogens is 1. The molecule has 1 aromatic heterocycles. The van der Waals surface area contributed by atoms with Gasteiger partial charge < -0.3 is 0 Å². The fourth-order valence-corrected chi connectivity index (χ4v) is 2.00. The summed E-state index contributed by atoms with van der Waals surface area (Å²) in [5, 5.41) is 0. The zero-order chi connectivity index (χ0) is 12.9. The molecule has 0 atom stereocenters. The molecule has 6 nitrogen and oxygen atoms in total. The van der Waals surface area contributed by atoms with Crippen LogP contribution in [0.5, 0.6) is 0 Å². The highest BCUT2D eigenvalue weighted by molar-refractivity contribution is 5.95. The van der Waals surface area contributed by atoms with Gasteiger partial charge in [-0.2, -0.15) is 9.67 Å². The fourth-order valence-electron chi connectivity index (χ4n) is 2.00. The van der Waals surface area contributed by atoms with Crippen molar-refractivity contribution in [2.45, 2.75) is 6.54 Å². The number of carbonyl (C=O) groups excluding carboxylic acids is 1. The van der Waals surface area contributed by atoms with Crippen LogP contribution in [0.1, 0.15) is 5.82 Å². The zero-order valence-electron chi connectivity index (χ0n) is 9.50. The van der Waals surface area contributed by atoms with Crippen molar-refractivity contribution in [3.05, 3.63) is 46.4 Å². The number of hydrogen-bond acceptors (Lipinski definition) is 3. The molecule has 18 heavy (non-hydrogen) atoms. The summed E-state index contributed by atoms with van der Waals surface area (Å²) in [7, 11) is 1.46. The number of benzene rings is 1. The first kappa shape index (κ1) is 10.7. The largest absolute Gasteiger partial charge is 0.364 e. The summed E-state index contributed by atoms with van der Waals surface area (Å²) in [5.41, 5.74) is -0.0322. The number of aromatic nitrogens is 3. The minimum Gasteiger partial charge on any atom is -0.285 e. The summed E-state index contributed by atoms with van der Waals surface area (Å²) < 4.78 is 15.5. The maximum absolute atomic E-state index is 13.1. The van der Waals surface area contributed by atoms with Crippen LogP contribution in [0.4, 0.5) is 14.9 Å². The molecule has 0 unspecified atom stereocenters. The van der Waals surface area contributed by atoms with Gasteiger partial charge in [0.15, 0.2) is 5.82 Å². The van der Waals surface area contributed by atoms with Crippen LogP contribution in [0.2, 0.25) is 0 Å². The number of rotatable bonds is 1. The monoisotopic (exact) mass is 248 g/mol. The number of carbonyl (C=O) groups is 1. The van der Waals surface area contributed by atoms with E-state index < -0.39 is 17.5 Å². The molecule has 0 spiro atoms. The first-order valence-electron chi connectivity index (χ1n) is 5.30. The van der Waals surface area contributed by atoms with Gasteiger partial charge in [0.2, 0.25) is 0 Å². The molecule has 1 aliphatic rings. The number of amides is 1. The van der Waals surface area contributed by atoms with E-state index in [-0.39, 0.29) is 6.54 Å². The molecule has 2 aromatic rings. The number of nitrogens with zero attached hydrogens (tertiary/aromatic N) is 4. The van der Waals surface area contributed by atoms with Gasteiger partial charge in [-0.05, 0) is 18.2 Å². The Morgan fingerprint density at radius 2 is 2.11 bits per heavy atom. The summed E-state index contributed by atoms with van der Waals surface area (Å²) in [6, 6.07) is 5.32. The van der Waals surface area contributed by atoms with Crippen LogP contribution in [-0.4, -0.2) is 20.4 Å². The van der Waals surface area contributed by atoms with E-state index in [4.69, 9.17) is 0 Å². The Morgan fingerprint density at radius 1 is 1.33 bits per heavy atom. The van der Waals surface area contributed by atoms with Gasteiger partial charge in [0.1, 0.15) is 5.82 Å². The average Bonchev–Trinajstić information content (AvgIpc) is 2.79. The molecule has 1 amide bonds. The molecule has 92 valence electrons. The molecular weight excluding hydrogens is 239 g/mol. The number of fused-ring (bicyclic) bond motifs is 1. The van der Waals surface area contributed by atoms with Crippen LogP contribution in [0.3, 0.4) is 0 Å². The topological polar surface area (TPSA) is 60.1 Å². The van der Waals surface area contributed by atoms with Crippen molar-refractivity contribution >= 4 is 11.7 Å². The van der Waals surface area contributed by atoms with E-state index in [0.29, 0.717) is 11.5 Å². The molecule has 2 heterocycles. The summed E-state index contributed by atoms with van der Waals surface area (Å²) in [4.78, 5) is 28.5. The first-order chi connectivity index (χ1) is 8.58. The van der Waals surface area contributed by atoms with E-state index in [0.717, 1.165) is 4.68 Å². The first-order valence-corrected chi connectivity index (χ1v) is 5.30. The molecule has 0 bridgehead atoms. The van der Waals surface area contributed by atoms with Crippen LogP contribution in [0, 0.1) is 5.82 Å². The van der Waals surface area contributed by atoms with Gasteiger partial charge in [0, 0.05) is 12.7 Å². The lowest BCUT2D eigenvalue weighted by Gasteiger charge is -2.14. The molecule has 7 heteroatoms. The standard InChI is InChI=1S/C11H9FN4O2/c1-14-10(17)13-9-6-15(11(18)16(9)14)8-4-2-3-7(12)5-8/h2-5H,6H2,1H3. The lowest BCUT2D eigenvalue weighted by molar-refractivity contribution is 0.245. The SMILES string of the molecule is Cn1c(=O)nc2n1C(=O)N(c1cccc(F)c1)C2. The molecule has 0 fully saturated rings. The normalized spacial score (nSPS) is 14.1. The van der Waals surface area contributed by atoms with E-state index in [1.54, 1.807) is 6.07 Å². The predicted molar refractivity (Wildman–Crippen MR) is 60.8 cm³/mol. The smallest absolute Gasteiger partial charge is 0.285 e. The highest BCUT2D eigenvalue weighted by atomic mass is 19.1. The van der Waals surface area contributed by atoms with Crippen LogP contribution in [-0.2, 0) is 13.6 Å². The minimum absolute atomic E-state index is 0.165. The minimum atomic E-state index is -0.475. The van der Waals surface area contributed by atoms with Gasteiger partial charge in [-0.3, -0.25) is 4.90 Å². The van der Waals surface area contributed by atoms with Crippen molar-refractivity contribution in [2.75, 3.05) is 4.90 Å². The third-order valence-corrected chi connectivity index (χ3v) is 2.88. The molecule has 0 aliphatic carbocycles. The molecule has 0 saturated carbocycles. The van der Waals surface area contributed by atoms with Crippen molar-refractivity contribution in [3.63, 3.8) is 0 Å². The third-order valence-electron chi connectivity index (χ3n) is 2.88. The van der Waals surface area contributed by atoms with Crippen molar-refractivity contribution in [1.29, 1.82) is 0 Å². The Hall–Kier alpha value is -2.44. The summed E-state index contributed by atoms with van der Waals surface area (Å²) in [5.74, 6) is -0.0597. The fraction of sp³-hybridized carbons (Fsp3) is 0.182. The predicted octanol–water partition coefficient (Wildman–Crippen LogP) is 0.709. The summed E-state index contributed by atoms with van der Waals surface area (Å²) in [6.45, 7) is 0.165. The molecule has 0 saturated heterocycles. The Bertz CT molecular complexity index is 703. The van der Waals surface area contributed by atoms with E-state index in [2.05, 4.69) is 4.98 Å². The lowest BCUT2D eigenvalue weighted by atomic mass is 10.3. The van der Waals surface area contributed by atoms with E-state index in [1.165, 1.54) is 34.8 Å². The highest BCUT2D eigenvalue weighted by Gasteiger charge is 2.32. The van der Waals surface area contributed by atoms with E-state index in [1.807, 2.05) is 0 Å². The maximum Gasteiger partial charge on any atom is 0.364 e. The van der Waals surface area contributed by atoms with Crippen molar-refractivity contribution in [2.24, 2.45) is 7.05 Å². The second kappa shape index (κ2) is 3.52. The van der Waals surface area contributed by atoms with E-state index >= 15 is 0 Å². The Morgan fingerprint density at radius 3 is 2.78 bits per heavy atom. The summed E-state index contributed by atoms with van der Waals surface area (Å²) >= 11 is 0. The Balaban J connectivity index is 2.05. The van der Waals surface area contributed by atoms with Crippen molar-refractivity contribution in [1.82, 2.24) is 14.3 Å². The van der Waals surface area contributed by atoms with Crippen LogP contribution < -0.4 is 10.6 Å². The van der Waals surface area contributed by atoms with Gasteiger partial charge in [-0.25, -0.2) is 18.7 Å². The van der Waals surface area contributed by atoms with Gasteiger partial charge in [0.05, 0.1) is 6.54 Å². The summed E-state index contributed by atoms with van der Waals surface area (Å²) in [6.07, 6.45) is 0. The molecular formula is C11H9FN4O2. The quantitative estimate of drug-likeness (QED) is 0.746. The van der Waals surface area contributed by atoms with Crippen molar-refractivity contribution in [3.8, 4) is 0 Å². The molecule has 3 rings (SSSR count). The van der Waals surface area contributed by atoms with Gasteiger partial charge in [-0.15, -0.1) is 0 Å². The third kappa shape index (κ3) is 1.37. The number of hydrogen-bond donors (Lipinski definition) is 0. The average molecular weight is 248 g/mol. The molecule has 0 radical (unpaired) electrons. The Labute approximate surface area is 101 Å². The number of anilines is 1. The highest BCUT2D eigenvalue weighted by Crippen LogP contribution is 2.22. The van der Waals surface area contributed by atoms with Crippen LogP contribution in [0.25, 0.3) is 0 Å². The van der Waals surface area contributed by atoms with E-state index in [9.17, 15) is 14.0 Å². The lowest BCUT2D eigenvalue weighted by Crippen LogP contribution is -2.32. The zero-order valence-corrected chi connectivity index (χ0v) is 9.50. The van der Waals surface area contributed by atoms with Crippen LogP contribution >= 0.6 is 0 Å². The molecule has 0 N–H and O–H groups in total.